The second-order valence-corrected chi connectivity index (χ2v) is 9.07. The van der Waals surface area contributed by atoms with Gasteiger partial charge in [0.2, 0.25) is 11.8 Å². The number of ether oxygens (including phenoxy) is 2. The highest BCUT2D eigenvalue weighted by Crippen LogP contribution is 2.37. The van der Waals surface area contributed by atoms with E-state index in [1.807, 2.05) is 6.92 Å². The maximum Gasteiger partial charge on any atom is 0.417 e. The molecular formula is C26H29F3N4O4. The van der Waals surface area contributed by atoms with E-state index in [1.54, 1.807) is 26.0 Å². The Labute approximate surface area is 212 Å². The molecule has 0 aliphatic heterocycles. The number of pyridine rings is 1. The number of primary amides is 1. The van der Waals surface area contributed by atoms with Crippen LogP contribution in [-0.2, 0) is 22.1 Å². The first-order valence-corrected chi connectivity index (χ1v) is 11.7. The minimum Gasteiger partial charge on any atom is -0.478 e. The number of benzene rings is 1. The lowest BCUT2D eigenvalue weighted by Crippen LogP contribution is -2.33. The normalized spacial score (nSPS) is 11.9. The van der Waals surface area contributed by atoms with E-state index in [9.17, 15) is 22.8 Å². The van der Waals surface area contributed by atoms with Gasteiger partial charge in [-0.1, -0.05) is 19.9 Å². The zero-order chi connectivity index (χ0) is 27.2. The van der Waals surface area contributed by atoms with E-state index in [0.717, 1.165) is 6.07 Å². The number of carbonyl (C=O) groups excluding carboxylic acids is 1. The molecule has 0 radical (unpaired) electrons. The van der Waals surface area contributed by atoms with E-state index >= 15 is 0 Å². The third-order valence-corrected chi connectivity index (χ3v) is 5.62. The van der Waals surface area contributed by atoms with Gasteiger partial charge in [0.15, 0.2) is 0 Å². The summed E-state index contributed by atoms with van der Waals surface area (Å²) in [4.78, 5) is 35.1. The molecule has 1 aromatic carbocycles. The van der Waals surface area contributed by atoms with Crippen LogP contribution in [0.5, 0.6) is 5.88 Å². The smallest absolute Gasteiger partial charge is 0.417 e. The van der Waals surface area contributed by atoms with Crippen LogP contribution in [0, 0.1) is 5.41 Å². The van der Waals surface area contributed by atoms with Gasteiger partial charge in [-0.05, 0) is 37.1 Å². The van der Waals surface area contributed by atoms with Crippen molar-refractivity contribution >= 4 is 5.91 Å². The summed E-state index contributed by atoms with van der Waals surface area (Å²) in [7, 11) is 0. The lowest BCUT2D eigenvalue weighted by Gasteiger charge is -2.21. The van der Waals surface area contributed by atoms with Gasteiger partial charge in [-0.25, -0.2) is 9.97 Å². The molecule has 3 N–H and O–H groups in total. The van der Waals surface area contributed by atoms with Crippen LogP contribution < -0.4 is 16.0 Å². The molecule has 0 unspecified atom stereocenters. The number of carbonyl (C=O) groups is 1. The quantitative estimate of drug-likeness (QED) is 0.364. The van der Waals surface area contributed by atoms with Crippen LogP contribution in [0.2, 0.25) is 0 Å². The first-order chi connectivity index (χ1) is 17.4. The molecule has 198 valence electrons. The molecule has 2 heterocycles. The largest absolute Gasteiger partial charge is 0.478 e. The molecule has 11 heteroatoms. The molecule has 0 spiro atoms. The Morgan fingerprint density at radius 1 is 1.11 bits per heavy atom. The van der Waals surface area contributed by atoms with Gasteiger partial charge >= 0.3 is 6.18 Å². The number of amides is 1. The van der Waals surface area contributed by atoms with Crippen molar-refractivity contribution in [1.29, 1.82) is 0 Å². The molecule has 0 atom stereocenters. The Morgan fingerprint density at radius 3 is 2.49 bits per heavy atom. The topological polar surface area (TPSA) is 120 Å². The summed E-state index contributed by atoms with van der Waals surface area (Å²) in [5.74, 6) is -0.490. The molecule has 2 aromatic heterocycles. The first-order valence-electron chi connectivity index (χ1n) is 11.7. The van der Waals surface area contributed by atoms with Crippen LogP contribution >= 0.6 is 0 Å². The molecular weight excluding hydrogens is 489 g/mol. The van der Waals surface area contributed by atoms with Gasteiger partial charge in [0.05, 0.1) is 17.9 Å². The van der Waals surface area contributed by atoms with Gasteiger partial charge in [-0.15, -0.1) is 0 Å². The number of aromatic amines is 1. The summed E-state index contributed by atoms with van der Waals surface area (Å²) in [5, 5.41) is 0. The molecule has 3 aromatic rings. The Hall–Kier alpha value is -3.73. The number of nitrogens with zero attached hydrogens (tertiary/aromatic N) is 2. The summed E-state index contributed by atoms with van der Waals surface area (Å²) in [6, 6.07) is 7.85. The van der Waals surface area contributed by atoms with Crippen molar-refractivity contribution in [2.75, 3.05) is 19.8 Å². The fourth-order valence-electron chi connectivity index (χ4n) is 3.57. The lowest BCUT2D eigenvalue weighted by molar-refractivity contribution is -0.137. The number of halogens is 3. The van der Waals surface area contributed by atoms with Crippen LogP contribution in [0.3, 0.4) is 0 Å². The van der Waals surface area contributed by atoms with Crippen molar-refractivity contribution in [2.45, 2.75) is 39.8 Å². The predicted octanol–water partition coefficient (Wildman–Crippen LogP) is 4.38. The van der Waals surface area contributed by atoms with Gasteiger partial charge in [0.25, 0.3) is 5.56 Å². The molecule has 0 saturated heterocycles. The summed E-state index contributed by atoms with van der Waals surface area (Å²) in [6.45, 7) is 6.70. The van der Waals surface area contributed by atoms with Crippen LogP contribution in [0.1, 0.15) is 38.3 Å². The second kappa shape index (κ2) is 11.5. The third kappa shape index (κ3) is 7.39. The molecule has 37 heavy (non-hydrogen) atoms. The number of nitrogens with one attached hydrogen (secondary N) is 1. The molecule has 0 fully saturated rings. The molecule has 0 saturated carbocycles. The Kier molecular flexibility index (Phi) is 8.69. The molecule has 0 bridgehead atoms. The fraction of sp³-hybridized carbons (Fsp3) is 0.385. The summed E-state index contributed by atoms with van der Waals surface area (Å²) >= 11 is 0. The Bertz CT molecular complexity index is 1290. The van der Waals surface area contributed by atoms with Crippen LogP contribution in [-0.4, -0.2) is 40.7 Å². The van der Waals surface area contributed by atoms with Gasteiger partial charge in [0, 0.05) is 54.5 Å². The van der Waals surface area contributed by atoms with Gasteiger partial charge < -0.3 is 20.2 Å². The van der Waals surface area contributed by atoms with Gasteiger partial charge in [-0.3, -0.25) is 9.59 Å². The number of H-pyrrole nitrogens is 1. The standard InChI is InChI=1S/C26H29F3N4O4/c1-4-36-10-5-11-37-22-9-7-17(15-31-22)20-13-21(34)33-23(32-20)18-12-16(14-25(2,3)24(30)35)6-8-19(18)26(27,28)29/h6-9,12-13,15H,4-5,10-11,14H2,1-3H3,(H2,30,35)(H,32,33,34). The van der Waals surface area contributed by atoms with E-state index in [4.69, 9.17) is 15.2 Å². The summed E-state index contributed by atoms with van der Waals surface area (Å²) < 4.78 is 52.3. The zero-order valence-electron chi connectivity index (χ0n) is 20.8. The average molecular weight is 519 g/mol. The van der Waals surface area contributed by atoms with Crippen LogP contribution in [0.4, 0.5) is 13.2 Å². The van der Waals surface area contributed by atoms with Crippen molar-refractivity contribution in [2.24, 2.45) is 11.1 Å². The van der Waals surface area contributed by atoms with Crippen molar-refractivity contribution in [3.05, 3.63) is 64.1 Å². The summed E-state index contributed by atoms with van der Waals surface area (Å²) in [6.07, 6.45) is -2.48. The highest BCUT2D eigenvalue weighted by Gasteiger charge is 2.35. The van der Waals surface area contributed by atoms with Gasteiger partial charge in [-0.2, -0.15) is 13.2 Å². The fourth-order valence-corrected chi connectivity index (χ4v) is 3.57. The zero-order valence-corrected chi connectivity index (χ0v) is 20.8. The Balaban J connectivity index is 1.95. The monoisotopic (exact) mass is 518 g/mol. The number of nitrogens with two attached hydrogens (primary N) is 1. The van der Waals surface area contributed by atoms with Crippen LogP contribution in [0.15, 0.2) is 47.4 Å². The van der Waals surface area contributed by atoms with E-state index in [1.165, 1.54) is 24.4 Å². The molecule has 1 amide bonds. The van der Waals surface area contributed by atoms with E-state index in [0.29, 0.717) is 43.2 Å². The number of alkyl halides is 3. The minimum absolute atomic E-state index is 0.105. The van der Waals surface area contributed by atoms with Crippen molar-refractivity contribution in [3.8, 4) is 28.5 Å². The molecule has 0 aliphatic rings. The number of aromatic nitrogens is 3. The Morgan fingerprint density at radius 2 is 1.86 bits per heavy atom. The average Bonchev–Trinajstić information content (AvgIpc) is 2.83. The van der Waals surface area contributed by atoms with Crippen LogP contribution in [0.25, 0.3) is 22.6 Å². The van der Waals surface area contributed by atoms with E-state index in [-0.39, 0.29) is 23.5 Å². The molecule has 3 rings (SSSR count). The minimum atomic E-state index is -4.70. The number of rotatable bonds is 11. The van der Waals surface area contributed by atoms with E-state index in [2.05, 4.69) is 15.0 Å². The van der Waals surface area contributed by atoms with E-state index < -0.39 is 28.6 Å². The highest BCUT2D eigenvalue weighted by atomic mass is 19.4. The lowest BCUT2D eigenvalue weighted by atomic mass is 9.84. The molecule has 0 aliphatic carbocycles. The third-order valence-electron chi connectivity index (χ3n) is 5.62. The second-order valence-electron chi connectivity index (χ2n) is 9.07. The first kappa shape index (κ1) is 27.9. The van der Waals surface area contributed by atoms with Crippen molar-refractivity contribution in [1.82, 2.24) is 15.0 Å². The highest BCUT2D eigenvalue weighted by molar-refractivity contribution is 5.80. The van der Waals surface area contributed by atoms with Crippen molar-refractivity contribution < 1.29 is 27.4 Å². The maximum absolute atomic E-state index is 13.8. The SMILES string of the molecule is CCOCCCOc1ccc(-c2cc(=O)[nH]c(-c3cc(CC(C)(C)C(N)=O)ccc3C(F)(F)F)n2)cn1. The number of hydrogen-bond acceptors (Lipinski definition) is 6. The number of hydrogen-bond donors (Lipinski definition) is 2. The van der Waals surface area contributed by atoms with Crippen molar-refractivity contribution in [3.63, 3.8) is 0 Å². The molecule has 8 nitrogen and oxygen atoms in total. The maximum atomic E-state index is 13.8. The summed E-state index contributed by atoms with van der Waals surface area (Å²) in [5.41, 5.74) is 3.53. The van der Waals surface area contributed by atoms with Gasteiger partial charge in [0.1, 0.15) is 5.82 Å². The predicted molar refractivity (Wildman–Crippen MR) is 132 cm³/mol.